The zero-order valence-corrected chi connectivity index (χ0v) is 24.1. The fourth-order valence-corrected chi connectivity index (χ4v) is 9.82. The van der Waals surface area contributed by atoms with Gasteiger partial charge in [0.15, 0.2) is 12.4 Å². The highest BCUT2D eigenvalue weighted by Crippen LogP contribution is 2.69. The van der Waals surface area contributed by atoms with Gasteiger partial charge in [-0.15, -0.1) is 0 Å². The first-order valence-corrected chi connectivity index (χ1v) is 15.1. The molecule has 0 amide bonds. The van der Waals surface area contributed by atoms with E-state index in [1.54, 1.807) is 0 Å². The zero-order valence-electron chi connectivity index (χ0n) is 29.1. The number of ether oxygens (including phenoxy) is 2. The van der Waals surface area contributed by atoms with Gasteiger partial charge in [-0.3, -0.25) is 0 Å². The van der Waals surface area contributed by atoms with Crippen molar-refractivity contribution in [3.8, 4) is 0 Å². The first-order valence-electron chi connectivity index (χ1n) is 17.6. The molecular weight excluding hydrogens is 516 g/mol. The molecule has 5 rings (SSSR count). The second-order valence-electron chi connectivity index (χ2n) is 13.7. The third-order valence-corrected chi connectivity index (χ3v) is 11.9. The molecule has 5 aliphatic rings. The van der Waals surface area contributed by atoms with Crippen molar-refractivity contribution in [3.05, 3.63) is 0 Å². The number of aliphatic hydroxyl groups is 5. The minimum atomic E-state index is -3.04. The number of aliphatic carboxylic acids is 1. The van der Waals surface area contributed by atoms with Crippen LogP contribution in [-0.4, -0.2) is 86.1 Å². The summed E-state index contributed by atoms with van der Waals surface area (Å²) in [7, 11) is 0. The van der Waals surface area contributed by atoms with Gasteiger partial charge < -0.3 is 40.1 Å². The van der Waals surface area contributed by atoms with Gasteiger partial charge >= 0.3 is 5.97 Å². The lowest BCUT2D eigenvalue weighted by atomic mass is 9.41. The van der Waals surface area contributed by atoms with E-state index in [2.05, 4.69) is 13.8 Å². The van der Waals surface area contributed by atoms with Crippen molar-refractivity contribution in [2.75, 3.05) is 6.61 Å². The quantitative estimate of drug-likeness (QED) is 0.252. The second-order valence-corrected chi connectivity index (χ2v) is 13.7. The van der Waals surface area contributed by atoms with Crippen LogP contribution in [0.25, 0.3) is 0 Å². The number of rotatable bonds is 7. The van der Waals surface area contributed by atoms with E-state index in [0.29, 0.717) is 31.1 Å². The van der Waals surface area contributed by atoms with Gasteiger partial charge in [0.2, 0.25) is 0 Å². The van der Waals surface area contributed by atoms with Crippen LogP contribution in [0.15, 0.2) is 0 Å². The summed E-state index contributed by atoms with van der Waals surface area (Å²) in [5.74, 6) is -2.96. The molecule has 1 aliphatic heterocycles. The molecule has 6 N–H and O–H groups in total. The Hall–Kier alpha value is -0.810. The molecule has 1 unspecified atom stereocenters. The molecule has 0 aromatic rings. The first kappa shape index (κ1) is 24.6. The highest BCUT2D eigenvalue weighted by atomic mass is 16.7. The molecule has 4 aliphatic carbocycles. The summed E-state index contributed by atoms with van der Waals surface area (Å²) < 4.78 is 57.4. The Morgan fingerprint density at radius 3 is 2.38 bits per heavy atom. The Morgan fingerprint density at radius 2 is 1.73 bits per heavy atom. The van der Waals surface area contributed by atoms with Crippen molar-refractivity contribution < 1.29 is 51.8 Å². The topological polar surface area (TPSA) is 157 Å². The lowest BCUT2D eigenvalue weighted by Crippen LogP contribution is -2.63. The minimum Gasteiger partial charge on any atom is -0.479 e. The third-order valence-electron chi connectivity index (χ3n) is 11.9. The molecule has 0 aromatic heterocycles. The maximum atomic E-state index is 12.2. The molecular formula is C31H52O9. The summed E-state index contributed by atoms with van der Waals surface area (Å²) in [5.41, 5.74) is -1.05. The minimum absolute atomic E-state index is 0.0756. The highest BCUT2D eigenvalue weighted by molar-refractivity contribution is 5.73. The van der Waals surface area contributed by atoms with Gasteiger partial charge in [-0.05, 0) is 104 Å². The summed E-state index contributed by atoms with van der Waals surface area (Å²) in [4.78, 5) is 11.7. The zero-order chi connectivity index (χ0) is 33.7. The van der Waals surface area contributed by atoms with E-state index >= 15 is 0 Å². The molecule has 0 spiro atoms. The van der Waals surface area contributed by atoms with Crippen LogP contribution in [-0.2, 0) is 14.3 Å². The number of carbonyl (C=O) groups is 1. The van der Waals surface area contributed by atoms with Crippen LogP contribution in [0.2, 0.25) is 0 Å². The van der Waals surface area contributed by atoms with Crippen LogP contribution in [0.5, 0.6) is 0 Å². The monoisotopic (exact) mass is 573 g/mol. The van der Waals surface area contributed by atoms with Crippen LogP contribution in [0, 0.1) is 52.3 Å². The maximum absolute atomic E-state index is 12.2. The Labute approximate surface area is 245 Å². The van der Waals surface area contributed by atoms with E-state index in [0.717, 1.165) is 19.3 Å². The van der Waals surface area contributed by atoms with Gasteiger partial charge in [0, 0.05) is 12.1 Å². The average molecular weight is 574 g/mol. The normalized spacial score (nSPS) is 59.5. The van der Waals surface area contributed by atoms with Gasteiger partial charge in [0.05, 0.1) is 13.6 Å². The van der Waals surface area contributed by atoms with Crippen LogP contribution in [0.4, 0.5) is 0 Å². The molecule has 4 saturated carbocycles. The molecule has 1 saturated heterocycles. The fourth-order valence-electron chi connectivity index (χ4n) is 9.82. The smallest absolute Gasteiger partial charge is 0.335 e. The Balaban J connectivity index is 1.53. The summed E-state index contributed by atoms with van der Waals surface area (Å²) in [6.45, 7) is 8.31. The summed E-state index contributed by atoms with van der Waals surface area (Å²) in [6, 6.07) is 0. The average Bonchev–Trinajstić information content (AvgIpc) is 3.30. The Bertz CT molecular complexity index is 1130. The van der Waals surface area contributed by atoms with E-state index in [4.69, 9.17) is 12.2 Å². The lowest BCUT2D eigenvalue weighted by molar-refractivity contribution is -0.312. The van der Waals surface area contributed by atoms with E-state index in [1.807, 2.05) is 13.8 Å². The predicted octanol–water partition coefficient (Wildman–Crippen LogP) is 2.55. The SMILES string of the molecule is [2H]C1([2H])C[C@@]2(C)[C@H]([C@@H](CC)[C@@H](O)C3[C@@H]2CC[C@]2(C)[C@@H]([C@H](C)CCO)CC[C@@H]32)C([2H])([2H])[C@]1([2H])O[C@@H]1O[C@H](C(=O)O)[C@@H](O)[C@H](O)[C@H]1O. The maximum Gasteiger partial charge on any atom is 0.335 e. The van der Waals surface area contributed by atoms with Crippen LogP contribution >= 0.6 is 0 Å². The van der Waals surface area contributed by atoms with E-state index in [-0.39, 0.29) is 36.2 Å². The summed E-state index contributed by atoms with van der Waals surface area (Å²) in [6.07, 6.45) is -15.6. The van der Waals surface area contributed by atoms with Gasteiger partial charge in [-0.1, -0.05) is 34.1 Å². The molecule has 16 atom stereocenters. The molecule has 1 heterocycles. The Kier molecular flexibility index (Phi) is 6.99. The predicted molar refractivity (Wildman–Crippen MR) is 146 cm³/mol. The van der Waals surface area contributed by atoms with Crippen LogP contribution in [0.1, 0.15) is 92.2 Å². The number of aliphatic hydroxyl groups excluding tert-OH is 5. The number of hydrogen-bond donors (Lipinski definition) is 6. The number of fused-ring (bicyclic) bond motifs is 5. The largest absolute Gasteiger partial charge is 0.479 e. The lowest BCUT2D eigenvalue weighted by Gasteiger charge is -2.65. The molecule has 9 nitrogen and oxygen atoms in total. The molecule has 230 valence electrons. The van der Waals surface area contributed by atoms with Crippen molar-refractivity contribution in [1.29, 1.82) is 0 Å². The standard InChI is InChI=1S/C31H52O9/c1-5-17-21-14-16(39-29-26(36)24(34)25(35)27(40-29)28(37)38)8-11-31(21,4)20-9-12-30(3)18(15(2)10-13-32)6-7-19(30)22(20)23(17)33/h15-27,29,32-36H,5-14H2,1-4H3,(H,37,38)/t15-,16-,17-,18-,19+,20+,21+,22?,23-,24+,25+,26-,27+,29-,30-,31-/m1/s1/i8D2,14D2,16D. The van der Waals surface area contributed by atoms with Crippen molar-refractivity contribution in [1.82, 2.24) is 0 Å². The number of hydrogen-bond acceptors (Lipinski definition) is 8. The van der Waals surface area contributed by atoms with Crippen LogP contribution in [0.3, 0.4) is 0 Å². The highest BCUT2D eigenvalue weighted by Gasteiger charge is 2.65. The fraction of sp³-hybridized carbons (Fsp3) is 0.968. The molecule has 0 bridgehead atoms. The van der Waals surface area contributed by atoms with Crippen LogP contribution < -0.4 is 0 Å². The van der Waals surface area contributed by atoms with Crippen molar-refractivity contribution >= 4 is 5.97 Å². The van der Waals surface area contributed by atoms with Crippen molar-refractivity contribution in [3.63, 3.8) is 0 Å². The van der Waals surface area contributed by atoms with Crippen molar-refractivity contribution in [2.24, 2.45) is 52.3 Å². The van der Waals surface area contributed by atoms with Gasteiger partial charge in [0.25, 0.3) is 0 Å². The third kappa shape index (κ3) is 4.76. The molecule has 0 radical (unpaired) electrons. The second kappa shape index (κ2) is 11.4. The van der Waals surface area contributed by atoms with E-state index in [1.165, 1.54) is 0 Å². The molecule has 0 aromatic carbocycles. The summed E-state index contributed by atoms with van der Waals surface area (Å²) in [5, 5.41) is 62.4. The summed E-state index contributed by atoms with van der Waals surface area (Å²) >= 11 is 0. The van der Waals surface area contributed by atoms with E-state index < -0.39 is 78.9 Å². The Morgan fingerprint density at radius 1 is 1.02 bits per heavy atom. The van der Waals surface area contributed by atoms with Crippen molar-refractivity contribution in [2.45, 2.75) is 128 Å². The molecule has 5 fully saturated rings. The number of carboxylic acids is 1. The molecule has 9 heteroatoms. The molecule has 40 heavy (non-hydrogen) atoms. The number of carboxylic acid groups (broad SMARTS) is 1. The van der Waals surface area contributed by atoms with Gasteiger partial charge in [0.1, 0.15) is 18.3 Å². The van der Waals surface area contributed by atoms with E-state index in [9.17, 15) is 39.5 Å². The van der Waals surface area contributed by atoms with Gasteiger partial charge in [-0.2, -0.15) is 0 Å². The first-order chi connectivity index (χ1) is 20.7. The van der Waals surface area contributed by atoms with Gasteiger partial charge in [-0.25, -0.2) is 4.79 Å².